The fourth-order valence-corrected chi connectivity index (χ4v) is 4.52. The van der Waals surface area contributed by atoms with Crippen LogP contribution in [0.25, 0.3) is 0 Å². The summed E-state index contributed by atoms with van der Waals surface area (Å²) in [5, 5.41) is 21.7. The molecule has 1 aliphatic heterocycles. The molecule has 7 nitrogen and oxygen atoms in total. The molecule has 4 rings (SSSR count). The molecule has 0 radical (unpaired) electrons. The zero-order valence-electron chi connectivity index (χ0n) is 18.1. The lowest BCUT2D eigenvalue weighted by atomic mass is 9.95. The zero-order chi connectivity index (χ0) is 23.7. The van der Waals surface area contributed by atoms with Crippen molar-refractivity contribution in [2.45, 2.75) is 12.6 Å². The van der Waals surface area contributed by atoms with Gasteiger partial charge >= 0.3 is 5.97 Å². The van der Waals surface area contributed by atoms with E-state index >= 15 is 0 Å². The Hall–Kier alpha value is -3.91. The number of carboxylic acid groups (broad SMARTS) is 1. The number of hydrogen-bond donors (Lipinski definition) is 2. The third-order valence-electron chi connectivity index (χ3n) is 5.57. The molecule has 0 saturated heterocycles. The molecular formula is C25H22N2O5S. The largest absolute Gasteiger partial charge is 0.503 e. The predicted octanol–water partition coefficient (Wildman–Crippen LogP) is 4.29. The van der Waals surface area contributed by atoms with Gasteiger partial charge in [0.15, 0.2) is 5.76 Å². The molecule has 1 unspecified atom stereocenters. The van der Waals surface area contributed by atoms with E-state index in [1.165, 1.54) is 28.4 Å². The lowest BCUT2D eigenvalue weighted by Crippen LogP contribution is -2.30. The van der Waals surface area contributed by atoms with E-state index in [0.29, 0.717) is 16.0 Å². The van der Waals surface area contributed by atoms with E-state index in [1.54, 1.807) is 29.6 Å². The summed E-state index contributed by atoms with van der Waals surface area (Å²) in [6, 6.07) is 16.3. The van der Waals surface area contributed by atoms with Gasteiger partial charge in [0.25, 0.3) is 5.91 Å². The lowest BCUT2D eigenvalue weighted by molar-refractivity contribution is -0.130. The van der Waals surface area contributed by atoms with Crippen molar-refractivity contribution >= 4 is 34.7 Å². The van der Waals surface area contributed by atoms with Gasteiger partial charge in [-0.05, 0) is 46.8 Å². The first-order valence-corrected chi connectivity index (χ1v) is 11.1. The number of carbonyl (C=O) groups excluding carboxylic acids is 2. The molecule has 0 aliphatic carbocycles. The maximum absolute atomic E-state index is 13.3. The molecule has 3 aromatic rings. The van der Waals surface area contributed by atoms with Crippen LogP contribution in [-0.4, -0.2) is 46.9 Å². The van der Waals surface area contributed by atoms with E-state index in [9.17, 15) is 19.5 Å². The van der Waals surface area contributed by atoms with Crippen molar-refractivity contribution in [1.29, 1.82) is 0 Å². The first-order chi connectivity index (χ1) is 15.8. The Kier molecular flexibility index (Phi) is 6.02. The molecule has 168 valence electrons. The summed E-state index contributed by atoms with van der Waals surface area (Å²) < 4.78 is 0. The highest BCUT2D eigenvalue weighted by atomic mass is 32.1. The summed E-state index contributed by atoms with van der Waals surface area (Å²) in [5.74, 6) is -2.63. The fraction of sp³-hybridized carbons (Fsp3) is 0.160. The van der Waals surface area contributed by atoms with E-state index in [1.807, 2.05) is 43.3 Å². The minimum absolute atomic E-state index is 0.0437. The molecule has 2 aromatic carbocycles. The van der Waals surface area contributed by atoms with Crippen LogP contribution >= 0.6 is 11.3 Å². The molecule has 2 N–H and O–H groups in total. The van der Waals surface area contributed by atoms with Gasteiger partial charge in [0.2, 0.25) is 5.78 Å². The highest BCUT2D eigenvalue weighted by Gasteiger charge is 2.44. The molecular weight excluding hydrogens is 440 g/mol. The number of ketones is 1. The summed E-state index contributed by atoms with van der Waals surface area (Å²) in [6.07, 6.45) is 0. The molecule has 0 fully saturated rings. The number of aromatic carboxylic acids is 1. The fourth-order valence-electron chi connectivity index (χ4n) is 3.84. The van der Waals surface area contributed by atoms with Crippen LogP contribution in [0.3, 0.4) is 0 Å². The average molecular weight is 463 g/mol. The Morgan fingerprint density at radius 1 is 1.03 bits per heavy atom. The van der Waals surface area contributed by atoms with E-state index in [4.69, 9.17) is 5.11 Å². The first kappa shape index (κ1) is 22.3. The van der Waals surface area contributed by atoms with Crippen LogP contribution in [0.1, 0.15) is 37.2 Å². The summed E-state index contributed by atoms with van der Waals surface area (Å²) in [6.45, 7) is 0.101. The number of aliphatic hydroxyl groups excluding tert-OH is 1. The van der Waals surface area contributed by atoms with Crippen LogP contribution in [0, 0.1) is 0 Å². The van der Waals surface area contributed by atoms with Crippen molar-refractivity contribution in [2.24, 2.45) is 0 Å². The van der Waals surface area contributed by atoms with Crippen LogP contribution in [0.2, 0.25) is 0 Å². The van der Waals surface area contributed by atoms with Crippen LogP contribution in [-0.2, 0) is 11.3 Å². The molecule has 33 heavy (non-hydrogen) atoms. The number of carboxylic acids is 1. The van der Waals surface area contributed by atoms with Crippen LogP contribution in [0.5, 0.6) is 0 Å². The molecule has 0 saturated carbocycles. The van der Waals surface area contributed by atoms with Crippen LogP contribution in [0.15, 0.2) is 77.4 Å². The summed E-state index contributed by atoms with van der Waals surface area (Å²) in [7, 11) is 3.83. The lowest BCUT2D eigenvalue weighted by Gasteiger charge is -2.27. The van der Waals surface area contributed by atoms with Gasteiger partial charge in [0.1, 0.15) is 0 Å². The Morgan fingerprint density at radius 2 is 1.70 bits per heavy atom. The number of amides is 1. The Labute approximate surface area is 194 Å². The smallest absolute Gasteiger partial charge is 0.335 e. The van der Waals surface area contributed by atoms with E-state index in [-0.39, 0.29) is 23.5 Å². The van der Waals surface area contributed by atoms with Gasteiger partial charge in [-0.25, -0.2) is 4.79 Å². The van der Waals surface area contributed by atoms with Crippen molar-refractivity contribution in [3.63, 3.8) is 0 Å². The van der Waals surface area contributed by atoms with Crippen LogP contribution in [0.4, 0.5) is 5.69 Å². The van der Waals surface area contributed by atoms with Crippen molar-refractivity contribution in [3.8, 4) is 0 Å². The normalized spacial score (nSPS) is 15.8. The first-order valence-electron chi connectivity index (χ1n) is 10.2. The second kappa shape index (κ2) is 8.91. The zero-order valence-corrected chi connectivity index (χ0v) is 18.9. The van der Waals surface area contributed by atoms with Gasteiger partial charge in [0.05, 0.1) is 22.1 Å². The number of nitrogens with zero attached hydrogens (tertiary/aromatic N) is 2. The number of benzene rings is 2. The van der Waals surface area contributed by atoms with Gasteiger partial charge in [0, 0.05) is 26.3 Å². The monoisotopic (exact) mass is 462 g/mol. The summed E-state index contributed by atoms with van der Waals surface area (Å²) >= 11 is 1.25. The highest BCUT2D eigenvalue weighted by Crippen LogP contribution is 2.40. The number of rotatable bonds is 7. The quantitative estimate of drug-likeness (QED) is 0.509. The maximum Gasteiger partial charge on any atom is 0.335 e. The minimum Gasteiger partial charge on any atom is -0.503 e. The number of aliphatic hydroxyl groups is 1. The van der Waals surface area contributed by atoms with Crippen molar-refractivity contribution in [1.82, 2.24) is 4.90 Å². The van der Waals surface area contributed by atoms with Crippen LogP contribution < -0.4 is 4.90 Å². The van der Waals surface area contributed by atoms with Crippen molar-refractivity contribution in [2.75, 3.05) is 19.0 Å². The van der Waals surface area contributed by atoms with Crippen molar-refractivity contribution < 1.29 is 24.6 Å². The third kappa shape index (κ3) is 4.25. The molecule has 8 heteroatoms. The Bertz CT molecular complexity index is 1230. The third-order valence-corrected chi connectivity index (χ3v) is 6.44. The predicted molar refractivity (Wildman–Crippen MR) is 126 cm³/mol. The van der Waals surface area contributed by atoms with Gasteiger partial charge in [-0.2, -0.15) is 0 Å². The van der Waals surface area contributed by atoms with E-state index in [2.05, 4.69) is 0 Å². The average Bonchev–Trinajstić information content (AvgIpc) is 3.42. The van der Waals surface area contributed by atoms with Gasteiger partial charge < -0.3 is 20.0 Å². The second-order valence-electron chi connectivity index (χ2n) is 7.89. The second-order valence-corrected chi connectivity index (χ2v) is 8.84. The SMILES string of the molecule is CN(C)c1ccc(C2C(C(=O)c3cccs3)=C(O)C(=O)N2Cc2ccc(C(=O)O)cc2)cc1. The van der Waals surface area contributed by atoms with Gasteiger partial charge in [-0.15, -0.1) is 11.3 Å². The number of thiophene rings is 1. The Balaban J connectivity index is 1.75. The van der Waals surface area contributed by atoms with Gasteiger partial charge in [-0.1, -0.05) is 30.3 Å². The standard InChI is InChI=1S/C25H22N2O5S/c1-26(2)18-11-9-16(10-12-18)21-20(22(28)19-4-3-13-33-19)23(29)24(30)27(21)14-15-5-7-17(8-6-15)25(31)32/h3-13,21,29H,14H2,1-2H3,(H,31,32). The van der Waals surface area contributed by atoms with E-state index < -0.39 is 23.7 Å². The summed E-state index contributed by atoms with van der Waals surface area (Å²) in [5.41, 5.74) is 2.51. The molecule has 2 heterocycles. The number of hydrogen-bond acceptors (Lipinski definition) is 6. The Morgan fingerprint density at radius 3 is 2.24 bits per heavy atom. The molecule has 1 aliphatic rings. The highest BCUT2D eigenvalue weighted by molar-refractivity contribution is 7.12. The number of carbonyl (C=O) groups is 3. The van der Waals surface area contributed by atoms with E-state index in [0.717, 1.165) is 5.69 Å². The molecule has 1 atom stereocenters. The molecule has 0 bridgehead atoms. The van der Waals surface area contributed by atoms with Crippen molar-refractivity contribution in [3.05, 3.63) is 98.9 Å². The topological polar surface area (TPSA) is 98.2 Å². The molecule has 1 amide bonds. The molecule has 1 aromatic heterocycles. The summed E-state index contributed by atoms with van der Waals surface area (Å²) in [4.78, 5) is 41.3. The minimum atomic E-state index is -1.04. The maximum atomic E-state index is 13.3. The molecule has 0 spiro atoms. The number of anilines is 1. The number of Topliss-reactive ketones (excluding diaryl/α,β-unsaturated/α-hetero) is 1. The van der Waals surface area contributed by atoms with Gasteiger partial charge in [-0.3, -0.25) is 9.59 Å².